The van der Waals surface area contributed by atoms with Crippen molar-refractivity contribution in [3.63, 3.8) is 0 Å². The molecule has 29 rings (SSSR count). The van der Waals surface area contributed by atoms with Crippen LogP contribution in [0, 0.1) is 0 Å². The lowest BCUT2D eigenvalue weighted by Crippen LogP contribution is -2.28. The summed E-state index contributed by atoms with van der Waals surface area (Å²) in [6.45, 7) is 9.40. The molecule has 26 aromatic rings. The van der Waals surface area contributed by atoms with Gasteiger partial charge >= 0.3 is 0 Å². The van der Waals surface area contributed by atoms with Gasteiger partial charge in [-0.1, -0.05) is 386 Å². The van der Waals surface area contributed by atoms with Crippen LogP contribution in [0.1, 0.15) is 72.2 Å². The van der Waals surface area contributed by atoms with Crippen molar-refractivity contribution in [1.82, 2.24) is 18.7 Å². The summed E-state index contributed by atoms with van der Waals surface area (Å²) in [6, 6.07) is 197. The van der Waals surface area contributed by atoms with Gasteiger partial charge in [0, 0.05) is 112 Å². The largest absolute Gasteiger partial charge is 0.310 e. The van der Waals surface area contributed by atoms with E-state index >= 15 is 0 Å². The maximum Gasteiger partial charge on any atom is 0.0714 e. The van der Waals surface area contributed by atoms with E-state index < -0.39 is 5.41 Å². The van der Waals surface area contributed by atoms with Crippen LogP contribution in [0.15, 0.2) is 552 Å². The SMILES string of the molecule is CC1(C)c2ccccc2-c2ccc(N(c3ccc(-c4ccccc4)cc3)c3ccc4c(c3)c3ccccc3n4-c3cccnc3)cc21.CC1(C)c2ccccc2-c2ccc(N(c3ccc4ccccc4c3)c3ccc4c(c3)c3ccccc3n4-c3ccccc3)cc21.c1ccc(-c2ccc(N(c3ccc4c(c3)C(c3ccccc3)(c3ccccc3)c3ccccc3-4)c3ccc4c(c3)c3ccccc3n4-c3ccccc3)cc2)cc1. The van der Waals surface area contributed by atoms with E-state index in [1.54, 1.807) is 0 Å². The summed E-state index contributed by atoms with van der Waals surface area (Å²) in [5.74, 6) is 0. The van der Waals surface area contributed by atoms with Crippen LogP contribution in [0.3, 0.4) is 0 Å². The van der Waals surface area contributed by atoms with Gasteiger partial charge in [-0.05, 0) is 293 Å². The second-order valence-electron chi connectivity index (χ2n) is 40.5. The molecule has 0 radical (unpaired) electrons. The van der Waals surface area contributed by atoms with Gasteiger partial charge in [0.15, 0.2) is 0 Å². The first-order valence-corrected chi connectivity index (χ1v) is 51.6. The minimum absolute atomic E-state index is 0.0793. The molecule has 0 atom stereocenters. The summed E-state index contributed by atoms with van der Waals surface area (Å²) in [5.41, 5.74) is 43.3. The van der Waals surface area contributed by atoms with Crippen molar-refractivity contribution in [3.8, 4) is 72.7 Å². The molecule has 3 aliphatic carbocycles. The molecular formula is C142H103N7. The summed E-state index contributed by atoms with van der Waals surface area (Å²) in [5, 5.41) is 9.85. The Labute approximate surface area is 868 Å². The average Bonchev–Trinajstić information content (AvgIpc) is 1.53. The van der Waals surface area contributed by atoms with Gasteiger partial charge in [0.25, 0.3) is 0 Å². The van der Waals surface area contributed by atoms with Crippen molar-refractivity contribution in [2.75, 3.05) is 14.7 Å². The van der Waals surface area contributed by atoms with Gasteiger partial charge in [-0.25, -0.2) is 0 Å². The van der Waals surface area contributed by atoms with Crippen molar-refractivity contribution in [3.05, 3.63) is 597 Å². The van der Waals surface area contributed by atoms with Gasteiger partial charge in [0.1, 0.15) is 0 Å². The highest BCUT2D eigenvalue weighted by Gasteiger charge is 2.47. The summed E-state index contributed by atoms with van der Waals surface area (Å²) in [4.78, 5) is 11.7. The standard InChI is InChI=1S/C55H38N2.C44H33N3.C43H32N2/c1-5-17-39(18-6-1)40-29-31-44(32-30-40)56(45-34-36-54-50(37-45)49-26-14-16-28-53(49)57(54)43-23-11-4-12-24-43)46-33-35-48-47-25-13-15-27-51(47)55(52(48)38-46,41-19-7-2-8-20-41)42-21-9-3-10-22-42;1-44(2)40-16-8-6-14-36(40)37-24-22-34(28-41(37)44)46(32-20-18-31(19-21-32)30-11-4-3-5-12-30)33-23-25-43-39(27-33)38-15-7-9-17-42(38)47(43)35-13-10-26-45-29-35;1-43(2)39-18-10-8-16-35(39)36-24-22-34(28-40(36)43)44(32-21-20-29-12-6-7-13-30(29)26-32)33-23-25-42-38(27-33)37-17-9-11-19-41(37)45(42)31-14-4-3-5-15-31/h1-38H;3-29H,1-2H3;3-28H,1-2H3. The first kappa shape index (κ1) is 88.9. The van der Waals surface area contributed by atoms with Crippen LogP contribution in [-0.4, -0.2) is 18.7 Å². The fourth-order valence-corrected chi connectivity index (χ4v) is 24.5. The number of fused-ring (bicyclic) bond motifs is 19. The molecule has 22 aromatic carbocycles. The van der Waals surface area contributed by atoms with Crippen LogP contribution in [0.2, 0.25) is 0 Å². The minimum Gasteiger partial charge on any atom is -0.310 e. The number of para-hydroxylation sites is 5. The van der Waals surface area contributed by atoms with Crippen LogP contribution in [0.4, 0.5) is 51.2 Å². The molecule has 0 saturated heterocycles. The van der Waals surface area contributed by atoms with E-state index in [9.17, 15) is 0 Å². The molecule has 0 saturated carbocycles. The lowest BCUT2D eigenvalue weighted by molar-refractivity contribution is 0.660. The van der Waals surface area contributed by atoms with Crippen molar-refractivity contribution < 1.29 is 0 Å². The third-order valence-electron chi connectivity index (χ3n) is 31.5. The van der Waals surface area contributed by atoms with Gasteiger partial charge in [-0.3, -0.25) is 4.98 Å². The van der Waals surface area contributed by atoms with Crippen LogP contribution < -0.4 is 14.7 Å². The van der Waals surface area contributed by atoms with Crippen molar-refractivity contribution >= 4 is 127 Å². The molecule has 4 heterocycles. The van der Waals surface area contributed by atoms with Crippen LogP contribution in [-0.2, 0) is 16.2 Å². The van der Waals surface area contributed by atoms with Gasteiger partial charge in [-0.2, -0.15) is 0 Å². The lowest BCUT2D eigenvalue weighted by Gasteiger charge is -2.35. The van der Waals surface area contributed by atoms with Crippen molar-refractivity contribution in [2.24, 2.45) is 0 Å². The van der Waals surface area contributed by atoms with E-state index in [0.29, 0.717) is 0 Å². The molecule has 0 amide bonds. The van der Waals surface area contributed by atoms with Crippen molar-refractivity contribution in [2.45, 2.75) is 43.9 Å². The van der Waals surface area contributed by atoms with E-state index in [4.69, 9.17) is 0 Å². The highest BCUT2D eigenvalue weighted by atomic mass is 15.2. The minimum atomic E-state index is -0.500. The number of nitrogens with zero attached hydrogens (tertiary/aromatic N) is 7. The number of aromatic nitrogens is 4. The molecular weight excluding hydrogens is 1800 g/mol. The molecule has 0 aliphatic heterocycles. The fourth-order valence-electron chi connectivity index (χ4n) is 24.5. The van der Waals surface area contributed by atoms with Crippen molar-refractivity contribution in [1.29, 1.82) is 0 Å². The third-order valence-corrected chi connectivity index (χ3v) is 31.5. The maximum absolute atomic E-state index is 4.43. The second-order valence-corrected chi connectivity index (χ2v) is 40.5. The first-order valence-electron chi connectivity index (χ1n) is 51.6. The number of rotatable bonds is 16. The molecule has 0 unspecified atom stereocenters. The number of anilines is 9. The zero-order valence-electron chi connectivity index (χ0n) is 83.2. The Morgan fingerprint density at radius 2 is 0.463 bits per heavy atom. The van der Waals surface area contributed by atoms with Crippen LogP contribution in [0.25, 0.3) is 149 Å². The van der Waals surface area contributed by atoms with E-state index in [1.165, 1.54) is 177 Å². The second kappa shape index (κ2) is 36.4. The molecule has 7 heteroatoms. The monoisotopic (exact) mass is 1910 g/mol. The predicted molar refractivity (Wildman–Crippen MR) is 625 cm³/mol. The topological polar surface area (TPSA) is 37.4 Å². The molecule has 0 bridgehead atoms. The number of benzene rings is 22. The Morgan fingerprint density at radius 1 is 0.181 bits per heavy atom. The zero-order chi connectivity index (χ0) is 99.4. The predicted octanol–water partition coefficient (Wildman–Crippen LogP) is 37.6. The highest BCUT2D eigenvalue weighted by Crippen LogP contribution is 2.60. The quantitative estimate of drug-likeness (QED) is 0.0966. The zero-order valence-corrected chi connectivity index (χ0v) is 83.2. The molecule has 7 nitrogen and oxygen atoms in total. The smallest absolute Gasteiger partial charge is 0.0714 e. The van der Waals surface area contributed by atoms with E-state index in [2.05, 4.69) is 595 Å². The molecule has 706 valence electrons. The molecule has 149 heavy (non-hydrogen) atoms. The van der Waals surface area contributed by atoms with E-state index in [-0.39, 0.29) is 10.8 Å². The van der Waals surface area contributed by atoms with E-state index in [0.717, 1.165) is 68.1 Å². The lowest BCUT2D eigenvalue weighted by atomic mass is 9.67. The normalized spacial score (nSPS) is 13.0. The average molecular weight is 1910 g/mol. The molecule has 3 aliphatic rings. The van der Waals surface area contributed by atoms with Gasteiger partial charge in [-0.15, -0.1) is 0 Å². The Morgan fingerprint density at radius 3 is 0.886 bits per heavy atom. The molecule has 0 spiro atoms. The Bertz CT molecular complexity index is 9590. The van der Waals surface area contributed by atoms with Gasteiger partial charge in [0.05, 0.1) is 50.4 Å². The molecule has 4 aromatic heterocycles. The number of hydrogen-bond donors (Lipinski definition) is 0. The summed E-state index contributed by atoms with van der Waals surface area (Å²) in [6.07, 6.45) is 3.76. The Balaban J connectivity index is 0.000000111. The Hall–Kier alpha value is -19.0. The first-order chi connectivity index (χ1) is 73.4. The van der Waals surface area contributed by atoms with Gasteiger partial charge < -0.3 is 28.4 Å². The summed E-state index contributed by atoms with van der Waals surface area (Å²) in [7, 11) is 0. The summed E-state index contributed by atoms with van der Waals surface area (Å²) < 4.78 is 7.08. The number of hydrogen-bond acceptors (Lipinski definition) is 4. The fraction of sp³-hybridized carbons (Fsp3) is 0.0493. The van der Waals surface area contributed by atoms with Crippen LogP contribution >= 0.6 is 0 Å². The Kier molecular flexibility index (Phi) is 21.7. The third kappa shape index (κ3) is 15.0. The molecule has 0 fully saturated rings. The molecule has 0 N–H and O–H groups in total. The van der Waals surface area contributed by atoms with Crippen LogP contribution in [0.5, 0.6) is 0 Å². The number of pyridine rings is 1. The van der Waals surface area contributed by atoms with E-state index in [1.807, 2.05) is 18.5 Å². The highest BCUT2D eigenvalue weighted by molar-refractivity contribution is 6.14. The maximum atomic E-state index is 4.43. The van der Waals surface area contributed by atoms with Gasteiger partial charge in [0.2, 0.25) is 0 Å². The summed E-state index contributed by atoms with van der Waals surface area (Å²) >= 11 is 0.